The Morgan fingerprint density at radius 1 is 1.00 bits per heavy atom. The van der Waals surface area contributed by atoms with Crippen LogP contribution in [0.4, 0.5) is 5.69 Å². The zero-order valence-corrected chi connectivity index (χ0v) is 20.8. The van der Waals surface area contributed by atoms with Crippen LogP contribution in [-0.4, -0.2) is 59.5 Å². The molecule has 3 aromatic rings. The number of piperazine rings is 1. The van der Waals surface area contributed by atoms with Gasteiger partial charge >= 0.3 is 0 Å². The third kappa shape index (κ3) is 4.55. The van der Waals surface area contributed by atoms with Crippen molar-refractivity contribution < 1.29 is 18.0 Å². The van der Waals surface area contributed by atoms with Gasteiger partial charge in [0.2, 0.25) is 0 Å². The average Bonchev–Trinajstić information content (AvgIpc) is 3.18. The van der Waals surface area contributed by atoms with Crippen LogP contribution in [-0.2, 0) is 14.8 Å². The van der Waals surface area contributed by atoms with Crippen LogP contribution in [0.3, 0.4) is 0 Å². The Kier molecular flexibility index (Phi) is 6.59. The summed E-state index contributed by atoms with van der Waals surface area (Å²) in [4.78, 5) is 27.6. The van der Waals surface area contributed by atoms with Gasteiger partial charge in [0.25, 0.3) is 19.7 Å². The molecule has 0 saturated carbocycles. The van der Waals surface area contributed by atoms with E-state index in [1.54, 1.807) is 30.3 Å². The molecular formula is C21H17Cl4N3O4S. The van der Waals surface area contributed by atoms with Gasteiger partial charge in [0, 0.05) is 54.0 Å². The van der Waals surface area contributed by atoms with E-state index in [4.69, 9.17) is 46.4 Å². The highest BCUT2D eigenvalue weighted by Crippen LogP contribution is 2.35. The van der Waals surface area contributed by atoms with Crippen LogP contribution in [0.2, 0.25) is 5.02 Å². The summed E-state index contributed by atoms with van der Waals surface area (Å²) in [6.07, 6.45) is 1.93. The quantitative estimate of drug-likeness (QED) is 0.357. The third-order valence-electron chi connectivity index (χ3n) is 5.43. The second kappa shape index (κ2) is 9.00. The Hall–Kier alpha value is -1.97. The fourth-order valence-corrected chi connectivity index (χ4v) is 5.92. The molecule has 4 rings (SSSR count). The number of carbonyl (C=O) groups excluding carboxylic acids is 2. The van der Waals surface area contributed by atoms with Gasteiger partial charge in [-0.05, 0) is 30.3 Å². The van der Waals surface area contributed by atoms with Crippen LogP contribution in [0, 0.1) is 0 Å². The lowest BCUT2D eigenvalue weighted by molar-refractivity contribution is -0.130. The van der Waals surface area contributed by atoms with Crippen molar-refractivity contribution in [1.82, 2.24) is 8.87 Å². The maximum atomic E-state index is 13.3. The summed E-state index contributed by atoms with van der Waals surface area (Å²) >= 11 is 23.1. The van der Waals surface area contributed by atoms with Gasteiger partial charge in [0.05, 0.1) is 10.4 Å². The number of nitrogens with zero attached hydrogens (tertiary/aromatic N) is 3. The lowest BCUT2D eigenvalue weighted by Crippen LogP contribution is -2.51. The summed E-state index contributed by atoms with van der Waals surface area (Å²) in [6.45, 7) is 1.44. The molecule has 1 amide bonds. The first-order valence-electron chi connectivity index (χ1n) is 9.75. The summed E-state index contributed by atoms with van der Waals surface area (Å²) in [5.74, 6) is -0.599. The van der Waals surface area contributed by atoms with Crippen molar-refractivity contribution in [2.45, 2.75) is 8.69 Å². The molecule has 174 valence electrons. The summed E-state index contributed by atoms with van der Waals surface area (Å²) in [5.41, 5.74) is 1.26. The van der Waals surface area contributed by atoms with Crippen molar-refractivity contribution >= 4 is 85.2 Å². The molecular weight excluding hydrogens is 532 g/mol. The molecule has 12 heteroatoms. The van der Waals surface area contributed by atoms with Gasteiger partial charge in [0.15, 0.2) is 6.29 Å². The second-order valence-corrected chi connectivity index (χ2v) is 11.9. The van der Waals surface area contributed by atoms with E-state index in [1.165, 1.54) is 23.2 Å². The maximum absolute atomic E-state index is 13.3. The van der Waals surface area contributed by atoms with Crippen LogP contribution in [0.15, 0.2) is 53.6 Å². The standard InChI is InChI=1S/C21H17Cl4N3O4S/c22-15-3-1-4-16(11-15)33(31,32)28-12-14(13-29)19-17(5-2-6-18(19)28)26-7-9-27(10-8-26)20(30)21(23,24)25/h1-6,11-13H,7-10H2. The Morgan fingerprint density at radius 2 is 1.67 bits per heavy atom. The van der Waals surface area contributed by atoms with Crippen molar-refractivity contribution in [2.75, 3.05) is 31.1 Å². The van der Waals surface area contributed by atoms with Crippen molar-refractivity contribution in [3.63, 3.8) is 0 Å². The van der Waals surface area contributed by atoms with Crippen molar-refractivity contribution in [1.29, 1.82) is 0 Å². The number of carbonyl (C=O) groups is 2. The number of amides is 1. The number of halogens is 4. The Bertz CT molecular complexity index is 1340. The number of benzene rings is 2. The Morgan fingerprint density at radius 3 is 2.27 bits per heavy atom. The fraction of sp³-hybridized carbons (Fsp3) is 0.238. The van der Waals surface area contributed by atoms with E-state index < -0.39 is 19.7 Å². The van der Waals surface area contributed by atoms with E-state index in [0.717, 1.165) is 3.97 Å². The molecule has 0 radical (unpaired) electrons. The first kappa shape index (κ1) is 24.2. The lowest BCUT2D eigenvalue weighted by atomic mass is 10.1. The molecule has 33 heavy (non-hydrogen) atoms. The van der Waals surface area contributed by atoms with E-state index >= 15 is 0 Å². The molecule has 2 aromatic carbocycles. The molecule has 0 spiro atoms. The van der Waals surface area contributed by atoms with Gasteiger partial charge in [-0.15, -0.1) is 0 Å². The first-order valence-corrected chi connectivity index (χ1v) is 12.7. The molecule has 0 atom stereocenters. The summed E-state index contributed by atoms with van der Waals surface area (Å²) in [7, 11) is -4.00. The lowest BCUT2D eigenvalue weighted by Gasteiger charge is -2.37. The Balaban J connectivity index is 1.74. The van der Waals surface area contributed by atoms with Crippen molar-refractivity contribution in [3.8, 4) is 0 Å². The molecule has 1 saturated heterocycles. The van der Waals surface area contributed by atoms with E-state index in [2.05, 4.69) is 0 Å². The van der Waals surface area contributed by atoms with Crippen molar-refractivity contribution in [3.05, 3.63) is 59.2 Å². The van der Waals surface area contributed by atoms with E-state index in [-0.39, 0.29) is 15.5 Å². The zero-order chi connectivity index (χ0) is 24.0. The fourth-order valence-electron chi connectivity index (χ4n) is 3.89. The van der Waals surface area contributed by atoms with Gasteiger partial charge in [-0.1, -0.05) is 58.5 Å². The van der Waals surface area contributed by atoms with Gasteiger partial charge in [-0.3, -0.25) is 9.59 Å². The van der Waals surface area contributed by atoms with Gasteiger partial charge in [0.1, 0.15) is 0 Å². The zero-order valence-electron chi connectivity index (χ0n) is 16.9. The van der Waals surface area contributed by atoms with Gasteiger partial charge in [-0.2, -0.15) is 0 Å². The number of hydrogen-bond donors (Lipinski definition) is 0. The van der Waals surface area contributed by atoms with Crippen LogP contribution in [0.5, 0.6) is 0 Å². The second-order valence-electron chi connectivity index (χ2n) is 7.41. The molecule has 0 N–H and O–H groups in total. The molecule has 0 unspecified atom stereocenters. The minimum absolute atomic E-state index is 0.00795. The summed E-state index contributed by atoms with van der Waals surface area (Å²) < 4.78 is 25.7. The number of aromatic nitrogens is 1. The van der Waals surface area contributed by atoms with Crippen LogP contribution >= 0.6 is 46.4 Å². The monoisotopic (exact) mass is 547 g/mol. The molecule has 0 aliphatic carbocycles. The van der Waals surface area contributed by atoms with E-state index in [0.29, 0.717) is 49.1 Å². The molecule has 1 aliphatic heterocycles. The molecule has 0 bridgehead atoms. The van der Waals surface area contributed by atoms with Gasteiger partial charge < -0.3 is 9.80 Å². The molecule has 1 aliphatic rings. The maximum Gasteiger partial charge on any atom is 0.274 e. The predicted molar refractivity (Wildman–Crippen MR) is 130 cm³/mol. The van der Waals surface area contributed by atoms with Crippen molar-refractivity contribution in [2.24, 2.45) is 0 Å². The highest BCUT2D eigenvalue weighted by Gasteiger charge is 2.36. The van der Waals surface area contributed by atoms with Crippen LogP contribution < -0.4 is 4.90 Å². The Labute approximate surface area is 210 Å². The van der Waals surface area contributed by atoms with Crippen LogP contribution in [0.1, 0.15) is 10.4 Å². The van der Waals surface area contributed by atoms with E-state index in [1.807, 2.05) is 4.90 Å². The van der Waals surface area contributed by atoms with Crippen LogP contribution in [0.25, 0.3) is 10.9 Å². The molecule has 1 fully saturated rings. The molecule has 7 nitrogen and oxygen atoms in total. The largest absolute Gasteiger partial charge is 0.367 e. The number of fused-ring (bicyclic) bond motifs is 1. The highest BCUT2D eigenvalue weighted by molar-refractivity contribution is 7.90. The number of hydrogen-bond acceptors (Lipinski definition) is 5. The first-order chi connectivity index (χ1) is 15.5. The third-order valence-corrected chi connectivity index (χ3v) is 7.82. The summed E-state index contributed by atoms with van der Waals surface area (Å²) in [5, 5.41) is 0.783. The smallest absolute Gasteiger partial charge is 0.274 e. The highest BCUT2D eigenvalue weighted by atomic mass is 35.6. The number of anilines is 1. The topological polar surface area (TPSA) is 79.7 Å². The minimum atomic E-state index is -4.00. The average molecular weight is 549 g/mol. The number of alkyl halides is 3. The number of aldehydes is 1. The SMILES string of the molecule is O=Cc1cn(S(=O)(=O)c2cccc(Cl)c2)c2cccc(N3CCN(C(=O)C(Cl)(Cl)Cl)CC3)c12. The number of rotatable bonds is 4. The summed E-state index contributed by atoms with van der Waals surface area (Å²) in [6, 6.07) is 11.1. The normalized spacial score (nSPS) is 15.2. The minimum Gasteiger partial charge on any atom is -0.367 e. The van der Waals surface area contributed by atoms with E-state index in [9.17, 15) is 18.0 Å². The molecule has 1 aromatic heterocycles. The van der Waals surface area contributed by atoms with Gasteiger partial charge in [-0.25, -0.2) is 12.4 Å². The predicted octanol–water partition coefficient (Wildman–Crippen LogP) is 4.36. The molecule has 2 heterocycles.